The number of carbonyl (C=O) groups excluding carboxylic acids is 3. The van der Waals surface area contributed by atoms with Crippen molar-refractivity contribution in [2.75, 3.05) is 46.2 Å². The zero-order valence-corrected chi connectivity index (χ0v) is 28.5. The van der Waals surface area contributed by atoms with E-state index in [1.165, 1.54) is 13.1 Å². The highest BCUT2D eigenvalue weighted by Crippen LogP contribution is 2.35. The SMILES string of the molecule is Cc1c(F)ccc(F)c1-c1c(C(=O)N[C@@H](CC(N)=O)c2cccc(Cl)c2)c[nH]c1C(=O)c1ccc(CCCOCCOCCOCCN)cc1. The van der Waals surface area contributed by atoms with Gasteiger partial charge in [0.05, 0.1) is 56.8 Å². The molecule has 10 nitrogen and oxygen atoms in total. The number of ether oxygens (including phenoxy) is 3. The summed E-state index contributed by atoms with van der Waals surface area (Å²) in [7, 11) is 0. The summed E-state index contributed by atoms with van der Waals surface area (Å²) in [6, 6.07) is 14.4. The third-order valence-electron chi connectivity index (χ3n) is 7.89. The standard InChI is InChI=1S/C37H41ClF2N4O6/c1-23-29(39)11-12-30(40)33(23)34-28(37(47)44-31(21-32(42)45)26-5-2-6-27(38)20-26)22-43-35(34)36(46)25-9-7-24(8-10-25)4-3-14-48-16-18-50-19-17-49-15-13-41/h2,5-12,20,22,31,43H,3-4,13-19,21,41H2,1H3,(H2,42,45)(H,44,47)/t31-/m0/s1. The molecule has 0 aliphatic rings. The zero-order valence-electron chi connectivity index (χ0n) is 27.7. The summed E-state index contributed by atoms with van der Waals surface area (Å²) < 4.78 is 46.5. The molecule has 0 fully saturated rings. The molecule has 0 aliphatic heterocycles. The molecule has 50 heavy (non-hydrogen) atoms. The van der Waals surface area contributed by atoms with Crippen LogP contribution in [0.25, 0.3) is 11.1 Å². The van der Waals surface area contributed by atoms with Crippen molar-refractivity contribution in [1.29, 1.82) is 0 Å². The molecule has 0 aliphatic carbocycles. The number of aromatic nitrogens is 1. The Hall–Kier alpha value is -4.46. The molecule has 0 spiro atoms. The molecule has 1 aromatic heterocycles. The number of hydrogen-bond acceptors (Lipinski definition) is 7. The van der Waals surface area contributed by atoms with Crippen LogP contribution in [0.4, 0.5) is 8.78 Å². The normalized spacial score (nSPS) is 11.8. The van der Waals surface area contributed by atoms with Gasteiger partial charge in [0.2, 0.25) is 11.7 Å². The van der Waals surface area contributed by atoms with Gasteiger partial charge in [-0.3, -0.25) is 14.4 Å². The molecule has 0 saturated heterocycles. The second-order valence-corrected chi connectivity index (χ2v) is 11.9. The number of nitrogens with one attached hydrogen (secondary N) is 2. The Morgan fingerprint density at radius 3 is 2.20 bits per heavy atom. The molecule has 2 amide bonds. The molecule has 0 saturated carbocycles. The number of primary amides is 1. The van der Waals surface area contributed by atoms with E-state index in [4.69, 9.17) is 37.3 Å². The first-order valence-corrected chi connectivity index (χ1v) is 16.6. The van der Waals surface area contributed by atoms with Gasteiger partial charge >= 0.3 is 0 Å². The molecular formula is C37H41ClF2N4O6. The highest BCUT2D eigenvalue weighted by atomic mass is 35.5. The maximum atomic E-state index is 15.4. The molecule has 13 heteroatoms. The van der Waals surface area contributed by atoms with Gasteiger partial charge in [0.15, 0.2) is 0 Å². The number of benzene rings is 3. The van der Waals surface area contributed by atoms with E-state index in [0.717, 1.165) is 24.1 Å². The topological polar surface area (TPSA) is 159 Å². The molecular weight excluding hydrogens is 670 g/mol. The van der Waals surface area contributed by atoms with E-state index in [1.807, 2.05) is 0 Å². The lowest BCUT2D eigenvalue weighted by Gasteiger charge is -2.19. The van der Waals surface area contributed by atoms with Gasteiger partial charge < -0.3 is 36.0 Å². The summed E-state index contributed by atoms with van der Waals surface area (Å²) in [6.07, 6.45) is 2.45. The number of aryl methyl sites for hydroxylation is 1. The summed E-state index contributed by atoms with van der Waals surface area (Å²) in [4.78, 5) is 42.4. The van der Waals surface area contributed by atoms with Crippen LogP contribution in [0.3, 0.4) is 0 Å². The van der Waals surface area contributed by atoms with E-state index < -0.39 is 35.3 Å². The summed E-state index contributed by atoms with van der Waals surface area (Å²) in [5, 5.41) is 3.12. The third-order valence-corrected chi connectivity index (χ3v) is 8.12. The molecule has 6 N–H and O–H groups in total. The Labute approximate surface area is 294 Å². The number of halogens is 3. The number of nitrogens with two attached hydrogens (primary N) is 2. The minimum Gasteiger partial charge on any atom is -0.379 e. The molecule has 1 heterocycles. The first-order valence-electron chi connectivity index (χ1n) is 16.2. The number of hydrogen-bond donors (Lipinski definition) is 4. The lowest BCUT2D eigenvalue weighted by atomic mass is 9.92. The van der Waals surface area contributed by atoms with Gasteiger partial charge in [-0.2, -0.15) is 0 Å². The molecule has 266 valence electrons. The van der Waals surface area contributed by atoms with Crippen LogP contribution in [0.1, 0.15) is 62.0 Å². The van der Waals surface area contributed by atoms with Crippen molar-refractivity contribution in [3.05, 3.63) is 117 Å². The van der Waals surface area contributed by atoms with Crippen LogP contribution in [0.15, 0.2) is 66.9 Å². The van der Waals surface area contributed by atoms with E-state index >= 15 is 4.39 Å². The highest BCUT2D eigenvalue weighted by Gasteiger charge is 2.29. The Morgan fingerprint density at radius 1 is 0.880 bits per heavy atom. The number of ketones is 1. The van der Waals surface area contributed by atoms with Crippen LogP contribution in [0.5, 0.6) is 0 Å². The quantitative estimate of drug-likeness (QED) is 0.0702. The summed E-state index contributed by atoms with van der Waals surface area (Å²) >= 11 is 6.14. The molecule has 4 aromatic rings. The van der Waals surface area contributed by atoms with Gasteiger partial charge in [-0.25, -0.2) is 8.78 Å². The minimum absolute atomic E-state index is 0.0862. The van der Waals surface area contributed by atoms with Crippen molar-refractivity contribution in [1.82, 2.24) is 10.3 Å². The van der Waals surface area contributed by atoms with Crippen molar-refractivity contribution in [3.8, 4) is 11.1 Å². The second kappa shape index (κ2) is 19.1. The summed E-state index contributed by atoms with van der Waals surface area (Å²) in [6.45, 7) is 4.76. The summed E-state index contributed by atoms with van der Waals surface area (Å²) in [5.74, 6) is -3.50. The molecule has 1 atom stereocenters. The van der Waals surface area contributed by atoms with Gasteiger partial charge in [-0.05, 0) is 60.7 Å². The van der Waals surface area contributed by atoms with Crippen LogP contribution in [-0.4, -0.2) is 68.8 Å². The van der Waals surface area contributed by atoms with Crippen LogP contribution < -0.4 is 16.8 Å². The van der Waals surface area contributed by atoms with Gasteiger partial charge in [0.25, 0.3) is 5.91 Å². The van der Waals surface area contributed by atoms with Gasteiger partial charge in [-0.15, -0.1) is 0 Å². The molecule has 4 rings (SSSR count). The average molecular weight is 711 g/mol. The fourth-order valence-electron chi connectivity index (χ4n) is 5.38. The van der Waals surface area contributed by atoms with Crippen molar-refractivity contribution in [2.24, 2.45) is 11.5 Å². The summed E-state index contributed by atoms with van der Waals surface area (Å²) in [5.41, 5.74) is 11.9. The second-order valence-electron chi connectivity index (χ2n) is 11.5. The van der Waals surface area contributed by atoms with Crippen molar-refractivity contribution in [3.63, 3.8) is 0 Å². The number of aromatic amines is 1. The van der Waals surface area contributed by atoms with Crippen molar-refractivity contribution in [2.45, 2.75) is 32.2 Å². The highest BCUT2D eigenvalue weighted by molar-refractivity contribution is 6.30. The molecule has 0 radical (unpaired) electrons. The maximum Gasteiger partial charge on any atom is 0.253 e. The molecule has 0 unspecified atom stereocenters. The fraction of sp³-hybridized carbons (Fsp3) is 0.324. The van der Waals surface area contributed by atoms with Crippen LogP contribution >= 0.6 is 11.6 Å². The van der Waals surface area contributed by atoms with Crippen LogP contribution in [0, 0.1) is 18.6 Å². The fourth-order valence-corrected chi connectivity index (χ4v) is 5.58. The molecule has 0 bridgehead atoms. The predicted octanol–water partition coefficient (Wildman–Crippen LogP) is 5.44. The van der Waals surface area contributed by atoms with Gasteiger partial charge in [0, 0.05) is 41.1 Å². The Balaban J connectivity index is 1.50. The Kier molecular flexibility index (Phi) is 14.6. The van der Waals surface area contributed by atoms with E-state index in [1.54, 1.807) is 48.5 Å². The van der Waals surface area contributed by atoms with Crippen LogP contribution in [-0.2, 0) is 25.4 Å². The van der Waals surface area contributed by atoms with E-state index in [2.05, 4.69) is 10.3 Å². The Bertz CT molecular complexity index is 1770. The molecule has 3 aromatic carbocycles. The number of rotatable bonds is 20. The average Bonchev–Trinajstić information content (AvgIpc) is 3.53. The first-order chi connectivity index (χ1) is 24.1. The number of carbonyl (C=O) groups is 3. The number of amides is 2. The monoisotopic (exact) mass is 710 g/mol. The van der Waals surface area contributed by atoms with Crippen LogP contribution in [0.2, 0.25) is 5.02 Å². The number of H-pyrrole nitrogens is 1. The van der Waals surface area contributed by atoms with Crippen molar-refractivity contribution >= 4 is 29.2 Å². The van der Waals surface area contributed by atoms with E-state index in [9.17, 15) is 18.8 Å². The predicted molar refractivity (Wildman–Crippen MR) is 186 cm³/mol. The smallest absolute Gasteiger partial charge is 0.253 e. The first kappa shape index (κ1) is 38.3. The van der Waals surface area contributed by atoms with E-state index in [-0.39, 0.29) is 39.9 Å². The third kappa shape index (κ3) is 10.5. The maximum absolute atomic E-state index is 15.4. The zero-order chi connectivity index (χ0) is 36.0. The van der Waals surface area contributed by atoms with Gasteiger partial charge in [-0.1, -0.05) is 48.0 Å². The van der Waals surface area contributed by atoms with Gasteiger partial charge in [0.1, 0.15) is 11.6 Å². The Morgan fingerprint density at radius 2 is 1.54 bits per heavy atom. The van der Waals surface area contributed by atoms with E-state index in [0.29, 0.717) is 63.2 Å². The lowest BCUT2D eigenvalue weighted by molar-refractivity contribution is -0.118. The van der Waals surface area contributed by atoms with Crippen molar-refractivity contribution < 1.29 is 37.4 Å². The largest absolute Gasteiger partial charge is 0.379 e. The minimum atomic E-state index is -0.892. The lowest BCUT2D eigenvalue weighted by Crippen LogP contribution is -2.32.